The first kappa shape index (κ1) is 12.8. The zero-order valence-corrected chi connectivity index (χ0v) is 10.6. The van der Waals surface area contributed by atoms with Crippen LogP contribution in [-0.4, -0.2) is 34.6 Å². The summed E-state index contributed by atoms with van der Waals surface area (Å²) in [5, 5.41) is 16.8. The summed E-state index contributed by atoms with van der Waals surface area (Å²) in [6, 6.07) is 0.363. The Hall–Kier alpha value is -1.63. The lowest BCUT2D eigenvalue weighted by molar-refractivity contribution is -0.137. The van der Waals surface area contributed by atoms with Gasteiger partial charge in [0, 0.05) is 17.8 Å². The number of aryl methyl sites for hydroxylation is 1. The molecule has 1 amide bonds. The fraction of sp³-hybridized carbons (Fsp3) is 0.545. The molecule has 0 atom stereocenters. The normalized spacial score (nSPS) is 14.2. The minimum atomic E-state index is -0.832. The fourth-order valence-electron chi connectivity index (χ4n) is 1.40. The number of amides is 1. The average molecular weight is 269 g/mol. The van der Waals surface area contributed by atoms with E-state index in [0.717, 1.165) is 18.5 Å². The van der Waals surface area contributed by atoms with Gasteiger partial charge in [0.2, 0.25) is 5.91 Å². The molecule has 1 aromatic rings. The molecule has 1 aromatic heterocycles. The van der Waals surface area contributed by atoms with Crippen LogP contribution in [0, 0.1) is 0 Å². The van der Waals surface area contributed by atoms with Crippen LogP contribution in [0.15, 0.2) is 5.38 Å². The second-order valence-electron chi connectivity index (χ2n) is 4.23. The number of thiazole rings is 1. The number of carboxylic acids is 1. The number of aliphatic carboxylic acids is 1. The first-order valence-electron chi connectivity index (χ1n) is 5.83. The Morgan fingerprint density at radius 3 is 2.94 bits per heavy atom. The molecular weight excluding hydrogens is 254 g/mol. The van der Waals surface area contributed by atoms with E-state index in [0.29, 0.717) is 17.6 Å². The highest BCUT2D eigenvalue weighted by molar-refractivity contribution is 7.13. The van der Waals surface area contributed by atoms with Crippen LogP contribution in [-0.2, 0) is 16.0 Å². The number of nitrogens with one attached hydrogen (secondary N) is 2. The van der Waals surface area contributed by atoms with Crippen molar-refractivity contribution in [2.24, 2.45) is 0 Å². The smallest absolute Gasteiger partial charge is 0.303 e. The summed E-state index contributed by atoms with van der Waals surface area (Å²) in [5.41, 5.74) is 0.743. The lowest BCUT2D eigenvalue weighted by Gasteiger charge is -2.03. The predicted molar refractivity (Wildman–Crippen MR) is 67.7 cm³/mol. The highest BCUT2D eigenvalue weighted by Gasteiger charge is 2.22. The second kappa shape index (κ2) is 5.81. The van der Waals surface area contributed by atoms with E-state index in [1.807, 2.05) is 5.38 Å². The second-order valence-corrected chi connectivity index (χ2v) is 5.09. The van der Waals surface area contributed by atoms with Gasteiger partial charge in [-0.15, -0.1) is 11.3 Å². The Bertz CT molecular complexity index is 442. The van der Waals surface area contributed by atoms with Crippen molar-refractivity contribution in [2.75, 3.05) is 11.9 Å². The van der Waals surface area contributed by atoms with Crippen LogP contribution in [0.4, 0.5) is 5.13 Å². The maximum atomic E-state index is 11.4. The Morgan fingerprint density at radius 2 is 2.28 bits per heavy atom. The molecule has 0 bridgehead atoms. The van der Waals surface area contributed by atoms with Gasteiger partial charge in [-0.1, -0.05) is 0 Å². The van der Waals surface area contributed by atoms with Crippen LogP contribution in [0.1, 0.15) is 25.0 Å². The molecule has 98 valence electrons. The molecule has 6 nitrogen and oxygen atoms in total. The first-order valence-corrected chi connectivity index (χ1v) is 6.71. The maximum absolute atomic E-state index is 11.4. The van der Waals surface area contributed by atoms with Crippen molar-refractivity contribution in [1.82, 2.24) is 10.3 Å². The van der Waals surface area contributed by atoms with Crippen molar-refractivity contribution in [3.05, 3.63) is 11.1 Å². The number of carbonyl (C=O) groups is 2. The summed E-state index contributed by atoms with van der Waals surface area (Å²) in [6.45, 7) is 0.211. The van der Waals surface area contributed by atoms with Crippen LogP contribution in [0.3, 0.4) is 0 Å². The summed E-state index contributed by atoms with van der Waals surface area (Å²) < 4.78 is 0. The first-order chi connectivity index (χ1) is 8.63. The highest BCUT2D eigenvalue weighted by atomic mass is 32.1. The van der Waals surface area contributed by atoms with E-state index in [4.69, 9.17) is 5.11 Å². The van der Waals surface area contributed by atoms with Crippen molar-refractivity contribution in [3.63, 3.8) is 0 Å². The van der Waals surface area contributed by atoms with Gasteiger partial charge >= 0.3 is 5.97 Å². The van der Waals surface area contributed by atoms with Gasteiger partial charge in [0.1, 0.15) is 0 Å². The summed E-state index contributed by atoms with van der Waals surface area (Å²) >= 11 is 1.38. The number of carbonyl (C=O) groups excluding carboxylic acids is 1. The molecule has 0 radical (unpaired) electrons. The van der Waals surface area contributed by atoms with Gasteiger partial charge in [-0.3, -0.25) is 9.59 Å². The molecule has 1 heterocycles. The van der Waals surface area contributed by atoms with Gasteiger partial charge in [-0.05, 0) is 12.8 Å². The van der Waals surface area contributed by atoms with Crippen molar-refractivity contribution < 1.29 is 14.7 Å². The molecule has 7 heteroatoms. The van der Waals surface area contributed by atoms with Crippen molar-refractivity contribution in [2.45, 2.75) is 31.7 Å². The molecule has 0 spiro atoms. The van der Waals surface area contributed by atoms with Gasteiger partial charge in [-0.2, -0.15) is 0 Å². The van der Waals surface area contributed by atoms with E-state index < -0.39 is 5.97 Å². The number of carboxylic acid groups (broad SMARTS) is 1. The fourth-order valence-corrected chi connectivity index (χ4v) is 2.14. The van der Waals surface area contributed by atoms with Crippen LogP contribution in [0.5, 0.6) is 0 Å². The standard InChI is InChI=1S/C11H15N3O3S/c15-9(13-7-1-2-7)5-12-11-14-8(6-18-11)3-4-10(16)17/h6-7H,1-5H2,(H,12,14)(H,13,15)(H,16,17). The van der Waals surface area contributed by atoms with E-state index >= 15 is 0 Å². The van der Waals surface area contributed by atoms with Crippen LogP contribution in [0.2, 0.25) is 0 Å². The molecule has 0 aliphatic heterocycles. The Kier molecular flexibility index (Phi) is 4.14. The van der Waals surface area contributed by atoms with E-state index in [-0.39, 0.29) is 18.9 Å². The van der Waals surface area contributed by atoms with Crippen molar-refractivity contribution in [3.8, 4) is 0 Å². The summed E-state index contributed by atoms with van der Waals surface area (Å²) in [4.78, 5) is 26.0. The summed E-state index contributed by atoms with van der Waals surface area (Å²) in [6.07, 6.45) is 2.64. The number of hydrogen-bond donors (Lipinski definition) is 3. The molecular formula is C11H15N3O3S. The van der Waals surface area contributed by atoms with Crippen LogP contribution >= 0.6 is 11.3 Å². The molecule has 0 aromatic carbocycles. The summed E-state index contributed by atoms with van der Waals surface area (Å²) in [5.74, 6) is -0.860. The van der Waals surface area contributed by atoms with Gasteiger partial charge in [-0.25, -0.2) is 4.98 Å². The van der Waals surface area contributed by atoms with Crippen LogP contribution in [0.25, 0.3) is 0 Å². The molecule has 1 fully saturated rings. The molecule has 0 saturated heterocycles. The number of nitrogens with zero attached hydrogens (tertiary/aromatic N) is 1. The number of hydrogen-bond acceptors (Lipinski definition) is 5. The lowest BCUT2D eigenvalue weighted by Crippen LogP contribution is -2.31. The van der Waals surface area contributed by atoms with Crippen LogP contribution < -0.4 is 10.6 Å². The van der Waals surface area contributed by atoms with Crippen molar-refractivity contribution in [1.29, 1.82) is 0 Å². The maximum Gasteiger partial charge on any atom is 0.303 e. The third kappa shape index (κ3) is 4.33. The van der Waals surface area contributed by atoms with Crippen molar-refractivity contribution >= 4 is 28.3 Å². The minimum absolute atomic E-state index is 0.0280. The molecule has 1 saturated carbocycles. The van der Waals surface area contributed by atoms with Gasteiger partial charge in [0.05, 0.1) is 18.7 Å². The lowest BCUT2D eigenvalue weighted by atomic mass is 10.2. The largest absolute Gasteiger partial charge is 0.481 e. The average Bonchev–Trinajstić information content (AvgIpc) is 3.01. The monoisotopic (exact) mass is 269 g/mol. The zero-order valence-electron chi connectivity index (χ0n) is 9.81. The van der Waals surface area contributed by atoms with E-state index in [1.54, 1.807) is 0 Å². The number of aromatic nitrogens is 1. The minimum Gasteiger partial charge on any atom is -0.481 e. The van der Waals surface area contributed by atoms with E-state index in [9.17, 15) is 9.59 Å². The third-order valence-corrected chi connectivity index (χ3v) is 3.34. The Labute approximate surface area is 108 Å². The van der Waals surface area contributed by atoms with E-state index in [1.165, 1.54) is 11.3 Å². The highest BCUT2D eigenvalue weighted by Crippen LogP contribution is 2.19. The quantitative estimate of drug-likeness (QED) is 0.682. The molecule has 18 heavy (non-hydrogen) atoms. The molecule has 2 rings (SSSR count). The van der Waals surface area contributed by atoms with E-state index in [2.05, 4.69) is 15.6 Å². The number of rotatable bonds is 7. The van der Waals surface area contributed by atoms with Gasteiger partial charge in [0.15, 0.2) is 5.13 Å². The van der Waals surface area contributed by atoms with Gasteiger partial charge in [0.25, 0.3) is 0 Å². The SMILES string of the molecule is O=C(O)CCc1csc(NCC(=O)NC2CC2)n1. The molecule has 0 unspecified atom stereocenters. The molecule has 1 aliphatic rings. The third-order valence-electron chi connectivity index (χ3n) is 2.49. The molecule has 3 N–H and O–H groups in total. The number of anilines is 1. The van der Waals surface area contributed by atoms with Gasteiger partial charge < -0.3 is 15.7 Å². The Balaban J connectivity index is 1.71. The predicted octanol–water partition coefficient (Wildman–Crippen LogP) is 0.851. The Morgan fingerprint density at radius 1 is 1.50 bits per heavy atom. The molecule has 1 aliphatic carbocycles. The topological polar surface area (TPSA) is 91.3 Å². The summed E-state index contributed by atoms with van der Waals surface area (Å²) in [7, 11) is 0. The zero-order chi connectivity index (χ0) is 13.0.